The zero-order valence-corrected chi connectivity index (χ0v) is 16.2. The third kappa shape index (κ3) is 3.54. The quantitative estimate of drug-likeness (QED) is 0.672. The predicted molar refractivity (Wildman–Crippen MR) is 93.0 cm³/mol. The van der Waals surface area contributed by atoms with E-state index >= 15 is 0 Å². The summed E-state index contributed by atoms with van der Waals surface area (Å²) in [5.41, 5.74) is -0.526. The van der Waals surface area contributed by atoms with Crippen LogP contribution >= 0.6 is 0 Å². The minimum absolute atomic E-state index is 0.0185. The van der Waals surface area contributed by atoms with Crippen molar-refractivity contribution in [2.75, 3.05) is 19.7 Å². The van der Waals surface area contributed by atoms with Gasteiger partial charge in [0.15, 0.2) is 0 Å². The molecule has 3 saturated heterocycles. The highest BCUT2D eigenvalue weighted by molar-refractivity contribution is 7.90. The Hall–Kier alpha value is -0.500. The van der Waals surface area contributed by atoms with Gasteiger partial charge in [0.1, 0.15) is 10.3 Å². The van der Waals surface area contributed by atoms with Crippen molar-refractivity contribution in [3.8, 4) is 0 Å². The van der Waals surface area contributed by atoms with E-state index in [4.69, 9.17) is 9.47 Å². The topological polar surface area (TPSA) is 73.9 Å². The first-order valence-corrected chi connectivity index (χ1v) is 9.93. The lowest BCUT2D eigenvalue weighted by Gasteiger charge is -2.47. The van der Waals surface area contributed by atoms with Crippen molar-refractivity contribution >= 4 is 17.5 Å². The van der Waals surface area contributed by atoms with Gasteiger partial charge in [-0.3, -0.25) is 0 Å². The van der Waals surface area contributed by atoms with Crippen LogP contribution in [0.5, 0.6) is 0 Å². The molecule has 3 aliphatic heterocycles. The number of likely N-dealkylation sites (tertiary alicyclic amines) is 1. The summed E-state index contributed by atoms with van der Waals surface area (Å²) >= 11 is -1.16. The van der Waals surface area contributed by atoms with E-state index in [-0.39, 0.29) is 28.4 Å². The standard InChI is InChI=1S/C17H30N2O4S/c1-15(2,3)23-14(20)19-7-6-17-9-12(22-11-17)8-16(4,5)24(21)18-13(17)10-19/h12-13,18H,6-11H2,1-5H3. The molecule has 2 bridgehead atoms. The van der Waals surface area contributed by atoms with Crippen molar-refractivity contribution in [3.63, 3.8) is 0 Å². The van der Waals surface area contributed by atoms with Gasteiger partial charge in [-0.05, 0) is 47.5 Å². The fraction of sp³-hybridized carbons (Fsp3) is 0.941. The van der Waals surface area contributed by atoms with Gasteiger partial charge in [-0.25, -0.2) is 4.79 Å². The highest BCUT2D eigenvalue weighted by atomic mass is 32.2. The molecular formula is C17H30N2O4S. The molecule has 24 heavy (non-hydrogen) atoms. The molecule has 3 heterocycles. The minimum atomic E-state index is -1.16. The number of ether oxygens (including phenoxy) is 2. The van der Waals surface area contributed by atoms with Crippen LogP contribution in [0.1, 0.15) is 53.9 Å². The number of piperidine rings is 1. The summed E-state index contributed by atoms with van der Waals surface area (Å²) in [5.74, 6) is 0. The fourth-order valence-electron chi connectivity index (χ4n) is 4.01. The Bertz CT molecular complexity index is 507. The molecule has 0 saturated carbocycles. The smallest absolute Gasteiger partial charge is 0.410 e. The average molecular weight is 359 g/mol. The first-order valence-electron chi connectivity index (χ1n) is 8.78. The molecule has 1 N–H and O–H groups in total. The molecule has 4 atom stereocenters. The number of nitrogens with zero attached hydrogens (tertiary/aromatic N) is 1. The SMILES string of the molecule is CC(C)(C)OC(=O)N1CCC23COC(C2)CC(C)(C)[S+]([O-])NC3C1. The van der Waals surface area contributed by atoms with E-state index in [1.807, 2.05) is 34.6 Å². The van der Waals surface area contributed by atoms with Crippen molar-refractivity contribution in [1.29, 1.82) is 0 Å². The lowest BCUT2D eigenvalue weighted by Crippen LogP contribution is -2.63. The summed E-state index contributed by atoms with van der Waals surface area (Å²) in [4.78, 5) is 14.2. The van der Waals surface area contributed by atoms with Gasteiger partial charge in [-0.2, -0.15) is 0 Å². The number of hydrogen-bond donors (Lipinski definition) is 1. The van der Waals surface area contributed by atoms with Crippen LogP contribution in [-0.4, -0.2) is 57.7 Å². The van der Waals surface area contributed by atoms with Crippen LogP contribution in [-0.2, 0) is 20.8 Å². The predicted octanol–water partition coefficient (Wildman–Crippen LogP) is 2.21. The number of amides is 1. The molecule has 6 nitrogen and oxygen atoms in total. The van der Waals surface area contributed by atoms with Crippen LogP contribution in [0.15, 0.2) is 0 Å². The molecule has 0 aromatic carbocycles. The molecule has 1 amide bonds. The van der Waals surface area contributed by atoms with E-state index in [1.165, 1.54) is 0 Å². The van der Waals surface area contributed by atoms with E-state index in [0.717, 1.165) is 19.3 Å². The molecule has 3 aliphatic rings. The molecule has 138 valence electrons. The van der Waals surface area contributed by atoms with Gasteiger partial charge >= 0.3 is 6.09 Å². The molecule has 0 aliphatic carbocycles. The number of fused-ring (bicyclic) bond motifs is 1. The van der Waals surface area contributed by atoms with Crippen LogP contribution in [0.25, 0.3) is 0 Å². The lowest BCUT2D eigenvalue weighted by molar-refractivity contribution is 0.000162. The number of nitrogens with one attached hydrogen (secondary N) is 1. The van der Waals surface area contributed by atoms with Crippen LogP contribution in [0.3, 0.4) is 0 Å². The highest BCUT2D eigenvalue weighted by Gasteiger charge is 2.55. The Morgan fingerprint density at radius 1 is 1.38 bits per heavy atom. The summed E-state index contributed by atoms with van der Waals surface area (Å²) in [5, 5.41) is 0. The Morgan fingerprint density at radius 2 is 2.08 bits per heavy atom. The van der Waals surface area contributed by atoms with E-state index < -0.39 is 17.0 Å². The van der Waals surface area contributed by atoms with Crippen LogP contribution in [0.4, 0.5) is 4.79 Å². The monoisotopic (exact) mass is 358 g/mol. The van der Waals surface area contributed by atoms with Gasteiger partial charge in [0.25, 0.3) is 0 Å². The largest absolute Gasteiger partial charge is 0.598 e. The van der Waals surface area contributed by atoms with Gasteiger partial charge in [-0.15, -0.1) is 4.72 Å². The van der Waals surface area contributed by atoms with Gasteiger partial charge in [0.2, 0.25) is 0 Å². The maximum Gasteiger partial charge on any atom is 0.410 e. The normalized spacial score (nSPS) is 38.9. The second-order valence-corrected chi connectivity index (χ2v) is 11.0. The molecule has 4 unspecified atom stereocenters. The summed E-state index contributed by atoms with van der Waals surface area (Å²) in [6.07, 6.45) is 2.52. The zero-order valence-electron chi connectivity index (χ0n) is 15.4. The first kappa shape index (κ1) is 18.3. The minimum Gasteiger partial charge on any atom is -0.598 e. The molecular weight excluding hydrogens is 328 g/mol. The number of hydrogen-bond acceptors (Lipinski definition) is 5. The zero-order chi connectivity index (χ0) is 17.8. The lowest BCUT2D eigenvalue weighted by atomic mass is 9.72. The Kier molecular flexibility index (Phi) is 4.60. The van der Waals surface area contributed by atoms with E-state index in [0.29, 0.717) is 19.7 Å². The van der Waals surface area contributed by atoms with Crippen molar-refractivity contribution in [2.45, 2.75) is 76.4 Å². The second-order valence-electron chi connectivity index (χ2n) is 9.08. The average Bonchev–Trinajstić information content (AvgIpc) is 2.82. The fourth-order valence-corrected chi connectivity index (χ4v) is 5.25. The van der Waals surface area contributed by atoms with Gasteiger partial charge in [0, 0.05) is 36.3 Å². The number of rotatable bonds is 0. The van der Waals surface area contributed by atoms with Gasteiger partial charge in [-0.1, -0.05) is 0 Å². The molecule has 7 heteroatoms. The van der Waals surface area contributed by atoms with Crippen LogP contribution in [0.2, 0.25) is 0 Å². The molecule has 0 radical (unpaired) electrons. The van der Waals surface area contributed by atoms with Crippen molar-refractivity contribution in [3.05, 3.63) is 0 Å². The van der Waals surface area contributed by atoms with Gasteiger partial charge in [0.05, 0.1) is 18.8 Å². The van der Waals surface area contributed by atoms with Crippen molar-refractivity contribution < 1.29 is 18.8 Å². The Balaban J connectivity index is 1.76. The van der Waals surface area contributed by atoms with Crippen LogP contribution < -0.4 is 4.72 Å². The van der Waals surface area contributed by atoms with Crippen LogP contribution in [0, 0.1) is 5.41 Å². The molecule has 3 rings (SSSR count). The second kappa shape index (κ2) is 6.04. The van der Waals surface area contributed by atoms with Crippen molar-refractivity contribution in [1.82, 2.24) is 9.62 Å². The maximum atomic E-state index is 12.8. The maximum absolute atomic E-state index is 12.8. The Morgan fingerprint density at radius 3 is 2.75 bits per heavy atom. The third-order valence-corrected chi connectivity index (χ3v) is 7.05. The third-order valence-electron chi connectivity index (χ3n) is 5.38. The number of carbonyl (C=O) groups excluding carboxylic acids is 1. The van der Waals surface area contributed by atoms with Gasteiger partial charge < -0.3 is 18.9 Å². The number of carbonyl (C=O) groups is 1. The molecule has 3 fully saturated rings. The van der Waals surface area contributed by atoms with Crippen molar-refractivity contribution in [2.24, 2.45) is 5.41 Å². The highest BCUT2D eigenvalue weighted by Crippen LogP contribution is 2.47. The summed E-state index contributed by atoms with van der Waals surface area (Å²) in [7, 11) is 0. The van der Waals surface area contributed by atoms with E-state index in [2.05, 4.69) is 4.72 Å². The summed E-state index contributed by atoms with van der Waals surface area (Å²) in [6, 6.07) is -0.0239. The summed E-state index contributed by atoms with van der Waals surface area (Å²) < 4.78 is 27.3. The van der Waals surface area contributed by atoms with E-state index in [1.54, 1.807) is 4.90 Å². The van der Waals surface area contributed by atoms with E-state index in [9.17, 15) is 9.35 Å². The Labute approximate surface area is 147 Å². The summed E-state index contributed by atoms with van der Waals surface area (Å²) in [6.45, 7) is 11.5. The molecule has 0 aromatic rings. The first-order chi connectivity index (χ1) is 11.0. The molecule has 1 spiro atoms. The molecule has 0 aromatic heterocycles.